The molecule has 13 heavy (non-hydrogen) atoms. The highest BCUT2D eigenvalue weighted by Crippen LogP contribution is 2.24. The predicted octanol–water partition coefficient (Wildman–Crippen LogP) is 3.03. The van der Waals surface area contributed by atoms with Gasteiger partial charge in [-0.1, -0.05) is 31.7 Å². The van der Waals surface area contributed by atoms with Gasteiger partial charge < -0.3 is 5.11 Å². The molecular weight excluding hydrogens is 275 g/mol. The predicted molar refractivity (Wildman–Crippen MR) is 64.8 cm³/mol. The second kappa shape index (κ2) is 4.77. The van der Waals surface area contributed by atoms with Gasteiger partial charge in [0.25, 0.3) is 0 Å². The third kappa shape index (κ3) is 2.31. The van der Waals surface area contributed by atoms with E-state index < -0.39 is 0 Å². The van der Waals surface area contributed by atoms with Crippen molar-refractivity contribution in [3.05, 3.63) is 39.5 Å². The molecule has 0 amide bonds. The Labute approximate surface area is 92.6 Å². The topological polar surface area (TPSA) is 20.2 Å². The minimum absolute atomic E-state index is 0.181. The largest absolute Gasteiger partial charge is 0.396 e. The Bertz CT molecular complexity index is 307. The molecule has 0 aliphatic carbocycles. The maximum Gasteiger partial charge on any atom is 0.0497 e. The van der Waals surface area contributed by atoms with E-state index in [9.17, 15) is 0 Å². The fourth-order valence-electron chi connectivity index (χ4n) is 1.30. The third-order valence-electron chi connectivity index (χ3n) is 2.10. The maximum absolute atomic E-state index is 9.06. The van der Waals surface area contributed by atoms with E-state index in [-0.39, 0.29) is 12.5 Å². The van der Waals surface area contributed by atoms with Crippen molar-refractivity contribution in [2.75, 3.05) is 6.61 Å². The molecule has 0 heterocycles. The van der Waals surface area contributed by atoms with E-state index in [0.29, 0.717) is 0 Å². The first kappa shape index (κ1) is 10.7. The fraction of sp³-hybridized carbons (Fsp3) is 0.273. The molecule has 1 rings (SSSR count). The standard InChI is InChI=1S/C11H13IO/c1-3-9-10(8(2)7-13)5-4-6-11(9)12/h3-6,8,13H,1,7H2,2H3. The van der Waals surface area contributed by atoms with Gasteiger partial charge in [-0.3, -0.25) is 0 Å². The minimum atomic E-state index is 0.181. The van der Waals surface area contributed by atoms with Gasteiger partial charge in [-0.15, -0.1) is 0 Å². The molecule has 0 saturated carbocycles. The zero-order valence-corrected chi connectivity index (χ0v) is 9.78. The summed E-state index contributed by atoms with van der Waals surface area (Å²) in [5.41, 5.74) is 2.31. The molecular formula is C11H13IO. The minimum Gasteiger partial charge on any atom is -0.396 e. The van der Waals surface area contributed by atoms with Crippen molar-refractivity contribution >= 4 is 28.7 Å². The van der Waals surface area contributed by atoms with Crippen LogP contribution >= 0.6 is 22.6 Å². The number of hydrogen-bond donors (Lipinski definition) is 1. The highest BCUT2D eigenvalue weighted by Gasteiger charge is 2.09. The Morgan fingerprint density at radius 1 is 1.62 bits per heavy atom. The van der Waals surface area contributed by atoms with E-state index in [1.165, 1.54) is 9.13 Å². The van der Waals surface area contributed by atoms with Crippen molar-refractivity contribution in [3.63, 3.8) is 0 Å². The smallest absolute Gasteiger partial charge is 0.0497 e. The van der Waals surface area contributed by atoms with Gasteiger partial charge in [-0.2, -0.15) is 0 Å². The van der Waals surface area contributed by atoms with Gasteiger partial charge in [0.05, 0.1) is 0 Å². The molecule has 0 aliphatic rings. The van der Waals surface area contributed by atoms with E-state index in [0.717, 1.165) is 5.56 Å². The van der Waals surface area contributed by atoms with Crippen molar-refractivity contribution in [1.29, 1.82) is 0 Å². The lowest BCUT2D eigenvalue weighted by Crippen LogP contribution is -2.02. The summed E-state index contributed by atoms with van der Waals surface area (Å²) in [6.45, 7) is 5.98. The number of aliphatic hydroxyl groups excluding tert-OH is 1. The molecule has 1 nitrogen and oxygen atoms in total. The average Bonchev–Trinajstić information content (AvgIpc) is 2.16. The van der Waals surface area contributed by atoms with E-state index in [2.05, 4.69) is 29.2 Å². The number of benzene rings is 1. The second-order valence-electron chi connectivity index (χ2n) is 3.03. The van der Waals surface area contributed by atoms with Crippen molar-refractivity contribution in [2.45, 2.75) is 12.8 Å². The van der Waals surface area contributed by atoms with Gasteiger partial charge in [0.2, 0.25) is 0 Å². The number of halogens is 1. The lowest BCUT2D eigenvalue weighted by Gasteiger charge is -2.12. The summed E-state index contributed by atoms with van der Waals surface area (Å²) in [5, 5.41) is 9.06. The van der Waals surface area contributed by atoms with Crippen molar-refractivity contribution in [3.8, 4) is 0 Å². The van der Waals surface area contributed by atoms with Crippen LogP contribution in [0.3, 0.4) is 0 Å². The molecule has 0 radical (unpaired) electrons. The SMILES string of the molecule is C=Cc1c(I)cccc1C(C)CO. The van der Waals surface area contributed by atoms with Gasteiger partial charge in [0, 0.05) is 16.1 Å². The van der Waals surface area contributed by atoms with Crippen LogP contribution in [0.5, 0.6) is 0 Å². The molecule has 1 unspecified atom stereocenters. The Hall–Kier alpha value is -0.350. The number of aliphatic hydroxyl groups is 1. The van der Waals surface area contributed by atoms with E-state index in [4.69, 9.17) is 5.11 Å². The zero-order valence-electron chi connectivity index (χ0n) is 7.63. The third-order valence-corrected chi connectivity index (χ3v) is 3.04. The van der Waals surface area contributed by atoms with Gasteiger partial charge in [-0.05, 0) is 39.8 Å². The van der Waals surface area contributed by atoms with Crippen molar-refractivity contribution < 1.29 is 5.11 Å². The Morgan fingerprint density at radius 2 is 2.31 bits per heavy atom. The molecule has 1 N–H and O–H groups in total. The first-order chi connectivity index (χ1) is 6.20. The number of hydrogen-bond acceptors (Lipinski definition) is 1. The monoisotopic (exact) mass is 288 g/mol. The van der Waals surface area contributed by atoms with Crippen LogP contribution in [-0.4, -0.2) is 11.7 Å². The van der Waals surface area contributed by atoms with Crippen LogP contribution in [0.4, 0.5) is 0 Å². The summed E-state index contributed by atoms with van der Waals surface area (Å²) in [5.74, 6) is 0.183. The highest BCUT2D eigenvalue weighted by atomic mass is 127. The zero-order chi connectivity index (χ0) is 9.84. The normalized spacial score (nSPS) is 12.5. The fourth-order valence-corrected chi connectivity index (χ4v) is 2.04. The molecule has 0 saturated heterocycles. The first-order valence-corrected chi connectivity index (χ1v) is 5.30. The maximum atomic E-state index is 9.06. The highest BCUT2D eigenvalue weighted by molar-refractivity contribution is 14.1. The summed E-state index contributed by atoms with van der Waals surface area (Å²) in [6.07, 6.45) is 1.85. The van der Waals surface area contributed by atoms with Gasteiger partial charge in [0.15, 0.2) is 0 Å². The lowest BCUT2D eigenvalue weighted by atomic mass is 9.96. The summed E-state index contributed by atoms with van der Waals surface area (Å²) in [4.78, 5) is 0. The molecule has 1 aromatic rings. The van der Waals surface area contributed by atoms with E-state index >= 15 is 0 Å². The summed E-state index contributed by atoms with van der Waals surface area (Å²) < 4.78 is 1.19. The lowest BCUT2D eigenvalue weighted by molar-refractivity contribution is 0.273. The van der Waals surface area contributed by atoms with Crippen LogP contribution in [-0.2, 0) is 0 Å². The van der Waals surface area contributed by atoms with Gasteiger partial charge in [-0.25, -0.2) is 0 Å². The van der Waals surface area contributed by atoms with E-state index in [1.807, 2.05) is 31.2 Å². The molecule has 1 aromatic carbocycles. The Kier molecular flexibility index (Phi) is 3.93. The van der Waals surface area contributed by atoms with E-state index in [1.54, 1.807) is 0 Å². The Morgan fingerprint density at radius 3 is 2.85 bits per heavy atom. The quantitative estimate of drug-likeness (QED) is 0.848. The van der Waals surface area contributed by atoms with Crippen molar-refractivity contribution in [1.82, 2.24) is 0 Å². The average molecular weight is 288 g/mol. The molecule has 0 bridgehead atoms. The second-order valence-corrected chi connectivity index (χ2v) is 4.19. The molecule has 1 atom stereocenters. The van der Waals surface area contributed by atoms with Crippen LogP contribution in [0.15, 0.2) is 24.8 Å². The molecule has 0 aliphatic heterocycles. The van der Waals surface area contributed by atoms with Crippen LogP contribution in [0.2, 0.25) is 0 Å². The Balaban J connectivity index is 3.19. The van der Waals surface area contributed by atoms with Crippen LogP contribution in [0.25, 0.3) is 6.08 Å². The molecule has 0 aromatic heterocycles. The van der Waals surface area contributed by atoms with Gasteiger partial charge in [0.1, 0.15) is 0 Å². The van der Waals surface area contributed by atoms with Crippen LogP contribution < -0.4 is 0 Å². The molecule has 0 spiro atoms. The summed E-state index contributed by atoms with van der Waals surface area (Å²) >= 11 is 2.28. The molecule has 0 fully saturated rings. The molecule has 2 heteroatoms. The molecule has 70 valence electrons. The van der Waals surface area contributed by atoms with Crippen LogP contribution in [0.1, 0.15) is 24.0 Å². The summed E-state index contributed by atoms with van der Waals surface area (Å²) in [7, 11) is 0. The van der Waals surface area contributed by atoms with Crippen molar-refractivity contribution in [2.24, 2.45) is 0 Å². The summed E-state index contributed by atoms with van der Waals surface area (Å²) in [6, 6.07) is 6.10. The van der Waals surface area contributed by atoms with Gasteiger partial charge >= 0.3 is 0 Å². The van der Waals surface area contributed by atoms with Crippen LogP contribution in [0, 0.1) is 3.57 Å². The number of rotatable bonds is 3. The first-order valence-electron chi connectivity index (χ1n) is 4.22.